The molecule has 27 heavy (non-hydrogen) atoms. The zero-order chi connectivity index (χ0) is 19.4. The summed E-state index contributed by atoms with van der Waals surface area (Å²) in [5.41, 5.74) is 3.54. The summed E-state index contributed by atoms with van der Waals surface area (Å²) in [5, 5.41) is 9.97. The number of nitrogens with one attached hydrogen (secondary N) is 2. The molecular weight excluding hydrogens is 342 g/mol. The van der Waals surface area contributed by atoms with Crippen LogP contribution < -0.4 is 10.1 Å². The summed E-state index contributed by atoms with van der Waals surface area (Å²) in [4.78, 5) is 18.6. The topological polar surface area (TPSA) is 83.1 Å². The zero-order valence-corrected chi connectivity index (χ0v) is 15.9. The molecule has 0 bridgehead atoms. The Morgan fingerprint density at radius 2 is 2.04 bits per heavy atom. The highest BCUT2D eigenvalue weighted by atomic mass is 16.5. The molecule has 0 fully saturated rings. The van der Waals surface area contributed by atoms with E-state index in [0.29, 0.717) is 12.4 Å². The van der Waals surface area contributed by atoms with Gasteiger partial charge in [0.15, 0.2) is 5.82 Å². The molecule has 0 atom stereocenters. The number of ether oxygens (including phenoxy) is 1. The van der Waals surface area contributed by atoms with Crippen LogP contribution in [0.3, 0.4) is 0 Å². The van der Waals surface area contributed by atoms with E-state index >= 15 is 0 Å². The van der Waals surface area contributed by atoms with Crippen molar-refractivity contribution < 1.29 is 9.53 Å². The number of aromatic nitrogens is 3. The molecule has 7 nitrogen and oxygen atoms in total. The van der Waals surface area contributed by atoms with Gasteiger partial charge in [-0.1, -0.05) is 24.3 Å². The number of H-pyrrole nitrogens is 1. The fourth-order valence-electron chi connectivity index (χ4n) is 2.69. The Balaban J connectivity index is 1.72. The van der Waals surface area contributed by atoms with Gasteiger partial charge in [0.2, 0.25) is 0 Å². The van der Waals surface area contributed by atoms with E-state index in [-0.39, 0.29) is 6.03 Å². The lowest BCUT2D eigenvalue weighted by atomic mass is 10.1. The van der Waals surface area contributed by atoms with E-state index < -0.39 is 0 Å². The minimum absolute atomic E-state index is 0.191. The van der Waals surface area contributed by atoms with Crippen LogP contribution in [0.1, 0.15) is 17.0 Å². The van der Waals surface area contributed by atoms with E-state index in [9.17, 15) is 4.79 Å². The van der Waals surface area contributed by atoms with Crippen LogP contribution in [0.2, 0.25) is 0 Å². The van der Waals surface area contributed by atoms with Crippen molar-refractivity contribution in [2.75, 3.05) is 19.5 Å². The lowest BCUT2D eigenvalue weighted by molar-refractivity contribution is 0.220. The summed E-state index contributed by atoms with van der Waals surface area (Å²) in [6, 6.07) is 13.2. The van der Waals surface area contributed by atoms with Crippen LogP contribution in [0.4, 0.5) is 10.5 Å². The maximum Gasteiger partial charge on any atom is 0.321 e. The van der Waals surface area contributed by atoms with Gasteiger partial charge in [0.1, 0.15) is 11.6 Å². The molecule has 2 amide bonds. The molecule has 0 spiro atoms. The smallest absolute Gasteiger partial charge is 0.321 e. The van der Waals surface area contributed by atoms with Gasteiger partial charge in [-0.05, 0) is 43.2 Å². The molecule has 0 aliphatic carbocycles. The molecule has 0 unspecified atom stereocenters. The summed E-state index contributed by atoms with van der Waals surface area (Å²) >= 11 is 0. The molecule has 3 rings (SSSR count). The van der Waals surface area contributed by atoms with Gasteiger partial charge in [-0.3, -0.25) is 5.10 Å². The van der Waals surface area contributed by atoms with Gasteiger partial charge >= 0.3 is 6.03 Å². The monoisotopic (exact) mass is 365 g/mol. The molecule has 7 heteroatoms. The van der Waals surface area contributed by atoms with Gasteiger partial charge in [0, 0.05) is 24.8 Å². The van der Waals surface area contributed by atoms with E-state index in [1.807, 2.05) is 56.3 Å². The number of amides is 2. The Kier molecular flexibility index (Phi) is 5.40. The van der Waals surface area contributed by atoms with Crippen molar-refractivity contribution in [3.05, 3.63) is 59.4 Å². The van der Waals surface area contributed by atoms with Gasteiger partial charge in [0.05, 0.1) is 7.11 Å². The van der Waals surface area contributed by atoms with Gasteiger partial charge < -0.3 is 15.0 Å². The first kappa shape index (κ1) is 18.4. The highest BCUT2D eigenvalue weighted by Gasteiger charge is 2.13. The molecule has 1 aromatic heterocycles. The lowest BCUT2D eigenvalue weighted by Gasteiger charge is -2.19. The van der Waals surface area contributed by atoms with Crippen LogP contribution in [0.25, 0.3) is 11.4 Å². The lowest BCUT2D eigenvalue weighted by Crippen LogP contribution is -2.31. The van der Waals surface area contributed by atoms with Crippen LogP contribution in [-0.4, -0.2) is 40.3 Å². The van der Waals surface area contributed by atoms with E-state index in [4.69, 9.17) is 4.74 Å². The Morgan fingerprint density at radius 1 is 1.22 bits per heavy atom. The molecule has 0 radical (unpaired) electrons. The summed E-state index contributed by atoms with van der Waals surface area (Å²) in [6.45, 7) is 4.27. The molecule has 3 aromatic rings. The fraction of sp³-hybridized carbons (Fsp3) is 0.250. The number of rotatable bonds is 5. The first-order chi connectivity index (χ1) is 13.0. The normalized spacial score (nSPS) is 10.5. The van der Waals surface area contributed by atoms with Crippen LogP contribution in [0.15, 0.2) is 42.5 Å². The van der Waals surface area contributed by atoms with E-state index in [1.165, 1.54) is 0 Å². The van der Waals surface area contributed by atoms with Gasteiger partial charge in [-0.2, -0.15) is 5.10 Å². The number of aromatic amines is 1. The molecule has 0 aliphatic rings. The van der Waals surface area contributed by atoms with Crippen molar-refractivity contribution in [3.63, 3.8) is 0 Å². The number of methoxy groups -OCH3 is 1. The first-order valence-corrected chi connectivity index (χ1v) is 8.61. The number of benzene rings is 2. The molecule has 2 aromatic carbocycles. The molecule has 2 N–H and O–H groups in total. The fourth-order valence-corrected chi connectivity index (χ4v) is 2.69. The van der Waals surface area contributed by atoms with Crippen molar-refractivity contribution in [3.8, 4) is 17.1 Å². The number of urea groups is 1. The summed E-state index contributed by atoms with van der Waals surface area (Å²) < 4.78 is 5.23. The van der Waals surface area contributed by atoms with Gasteiger partial charge in [-0.15, -0.1) is 0 Å². The second-order valence-corrected chi connectivity index (χ2v) is 6.41. The first-order valence-electron chi connectivity index (χ1n) is 8.61. The maximum atomic E-state index is 12.6. The molecule has 1 heterocycles. The minimum Gasteiger partial charge on any atom is -0.497 e. The van der Waals surface area contributed by atoms with Crippen LogP contribution in [0, 0.1) is 13.8 Å². The third-order valence-corrected chi connectivity index (χ3v) is 4.24. The van der Waals surface area contributed by atoms with E-state index in [2.05, 4.69) is 20.5 Å². The molecular formula is C20H23N5O2. The number of carbonyl (C=O) groups is 1. The maximum absolute atomic E-state index is 12.6. The van der Waals surface area contributed by atoms with Crippen LogP contribution >= 0.6 is 0 Å². The standard InChI is InChI=1S/C20H23N5O2/c1-13-8-9-16(19-21-14(2)23-24-19)11-18(13)22-20(26)25(3)12-15-6-5-7-17(10-15)27-4/h5-11H,12H2,1-4H3,(H,22,26)(H,21,23,24). The highest BCUT2D eigenvalue weighted by molar-refractivity contribution is 5.90. The SMILES string of the molecule is COc1cccc(CN(C)C(=O)Nc2cc(-c3n[nH]c(C)n3)ccc2C)c1. The molecule has 0 saturated heterocycles. The molecule has 140 valence electrons. The second-order valence-electron chi connectivity index (χ2n) is 6.41. The largest absolute Gasteiger partial charge is 0.497 e. The van der Waals surface area contributed by atoms with Crippen molar-refractivity contribution in [1.29, 1.82) is 0 Å². The molecule has 0 aliphatic heterocycles. The van der Waals surface area contributed by atoms with Crippen molar-refractivity contribution in [1.82, 2.24) is 20.1 Å². The Morgan fingerprint density at radius 3 is 2.74 bits per heavy atom. The second kappa shape index (κ2) is 7.90. The zero-order valence-electron chi connectivity index (χ0n) is 15.9. The summed E-state index contributed by atoms with van der Waals surface area (Å²) in [6.07, 6.45) is 0. The average molecular weight is 365 g/mol. The van der Waals surface area contributed by atoms with Gasteiger partial charge in [-0.25, -0.2) is 9.78 Å². The highest BCUT2D eigenvalue weighted by Crippen LogP contribution is 2.23. The predicted octanol–water partition coefficient (Wildman–Crippen LogP) is 3.76. The quantitative estimate of drug-likeness (QED) is 0.721. The van der Waals surface area contributed by atoms with Crippen molar-refractivity contribution >= 4 is 11.7 Å². The number of carbonyl (C=O) groups excluding carboxylic acids is 1. The van der Waals surface area contributed by atoms with Crippen molar-refractivity contribution in [2.24, 2.45) is 0 Å². The number of nitrogens with zero attached hydrogens (tertiary/aromatic N) is 3. The number of hydrogen-bond donors (Lipinski definition) is 2. The summed E-state index contributed by atoms with van der Waals surface area (Å²) in [5.74, 6) is 2.12. The third kappa shape index (κ3) is 4.44. The predicted molar refractivity (Wildman–Crippen MR) is 105 cm³/mol. The Hall–Kier alpha value is -3.35. The van der Waals surface area contributed by atoms with E-state index in [1.54, 1.807) is 19.1 Å². The number of hydrogen-bond acceptors (Lipinski definition) is 4. The molecule has 0 saturated carbocycles. The summed E-state index contributed by atoms with van der Waals surface area (Å²) in [7, 11) is 3.38. The third-order valence-electron chi connectivity index (χ3n) is 4.24. The van der Waals surface area contributed by atoms with E-state index in [0.717, 1.165) is 34.0 Å². The minimum atomic E-state index is -0.191. The Labute approximate surface area is 158 Å². The number of anilines is 1. The average Bonchev–Trinajstić information content (AvgIpc) is 3.10. The van der Waals surface area contributed by atoms with Crippen LogP contribution in [0.5, 0.6) is 5.75 Å². The Bertz CT molecular complexity index is 951. The van der Waals surface area contributed by atoms with Gasteiger partial charge in [0.25, 0.3) is 0 Å². The van der Waals surface area contributed by atoms with Crippen molar-refractivity contribution in [2.45, 2.75) is 20.4 Å². The van der Waals surface area contributed by atoms with Crippen LogP contribution in [-0.2, 0) is 6.54 Å². The number of aryl methyl sites for hydroxylation is 2.